The number of aryl methyl sites for hydroxylation is 2. The summed E-state index contributed by atoms with van der Waals surface area (Å²) in [4.78, 5) is 16.7. The van der Waals surface area contributed by atoms with E-state index >= 15 is 0 Å². The summed E-state index contributed by atoms with van der Waals surface area (Å²) in [6, 6.07) is 1.81. The van der Waals surface area contributed by atoms with Gasteiger partial charge in [-0.25, -0.2) is 4.98 Å². The van der Waals surface area contributed by atoms with Crippen LogP contribution in [0.15, 0.2) is 12.3 Å². The number of amides is 1. The Kier molecular flexibility index (Phi) is 4.75. The second kappa shape index (κ2) is 6.28. The van der Waals surface area contributed by atoms with Gasteiger partial charge in [-0.1, -0.05) is 27.7 Å². The van der Waals surface area contributed by atoms with Gasteiger partial charge in [0.25, 0.3) is 5.91 Å². The van der Waals surface area contributed by atoms with Crippen LogP contribution in [0.25, 0.3) is 11.0 Å². The molecule has 2 aromatic rings. The van der Waals surface area contributed by atoms with Crippen LogP contribution in [0.3, 0.4) is 0 Å². The van der Waals surface area contributed by atoms with Gasteiger partial charge in [-0.2, -0.15) is 5.10 Å². The van der Waals surface area contributed by atoms with Gasteiger partial charge < -0.3 is 10.4 Å². The first-order chi connectivity index (χ1) is 10.6. The first-order valence-electron chi connectivity index (χ1n) is 7.89. The predicted molar refractivity (Wildman–Crippen MR) is 90.2 cm³/mol. The Morgan fingerprint density at radius 1 is 1.43 bits per heavy atom. The van der Waals surface area contributed by atoms with Gasteiger partial charge in [-0.05, 0) is 18.9 Å². The van der Waals surface area contributed by atoms with Crippen LogP contribution in [0.4, 0.5) is 0 Å². The molecule has 0 aliphatic carbocycles. The summed E-state index contributed by atoms with van der Waals surface area (Å²) in [6.07, 6.45) is 1.08. The molecule has 0 fully saturated rings. The summed E-state index contributed by atoms with van der Waals surface area (Å²) in [7, 11) is 1.83. The van der Waals surface area contributed by atoms with E-state index in [0.29, 0.717) is 12.1 Å². The molecule has 1 atom stereocenters. The normalized spacial score (nSPS) is 13.6. The van der Waals surface area contributed by atoms with E-state index in [-0.39, 0.29) is 11.8 Å². The number of hydrogen-bond acceptors (Lipinski definition) is 4. The predicted octanol–water partition coefficient (Wildman–Crippen LogP) is 2.05. The SMILES string of the molecule is Cc1nn(C)c2ncc(C(=O)NCC(C)(C)C(O)C(C)C)cc12. The Hall–Kier alpha value is -1.95. The summed E-state index contributed by atoms with van der Waals surface area (Å²) in [5, 5.41) is 18.3. The van der Waals surface area contributed by atoms with Crippen LogP contribution in [0, 0.1) is 18.3 Å². The minimum atomic E-state index is -0.482. The molecule has 23 heavy (non-hydrogen) atoms. The van der Waals surface area contributed by atoms with Gasteiger partial charge in [0.15, 0.2) is 5.65 Å². The van der Waals surface area contributed by atoms with Crippen LogP contribution in [-0.4, -0.2) is 38.4 Å². The number of aromatic nitrogens is 3. The van der Waals surface area contributed by atoms with Crippen molar-refractivity contribution in [1.29, 1.82) is 0 Å². The van der Waals surface area contributed by atoms with E-state index in [9.17, 15) is 9.90 Å². The molecule has 0 saturated heterocycles. The molecule has 1 unspecified atom stereocenters. The zero-order chi connectivity index (χ0) is 17.4. The van der Waals surface area contributed by atoms with E-state index in [1.165, 1.54) is 0 Å². The molecule has 0 bridgehead atoms. The fourth-order valence-electron chi connectivity index (χ4n) is 2.85. The Bertz CT molecular complexity index is 719. The van der Waals surface area contributed by atoms with Gasteiger partial charge in [0.05, 0.1) is 17.4 Å². The largest absolute Gasteiger partial charge is 0.392 e. The van der Waals surface area contributed by atoms with Crippen molar-refractivity contribution in [3.63, 3.8) is 0 Å². The van der Waals surface area contributed by atoms with Crippen molar-refractivity contribution in [2.75, 3.05) is 6.54 Å². The van der Waals surface area contributed by atoms with Crippen molar-refractivity contribution >= 4 is 16.9 Å². The summed E-state index contributed by atoms with van der Waals surface area (Å²) < 4.78 is 1.70. The van der Waals surface area contributed by atoms with Gasteiger partial charge in [0.2, 0.25) is 0 Å². The molecule has 0 spiro atoms. The van der Waals surface area contributed by atoms with E-state index in [4.69, 9.17) is 0 Å². The van der Waals surface area contributed by atoms with Crippen molar-refractivity contribution in [2.24, 2.45) is 18.4 Å². The number of pyridine rings is 1. The van der Waals surface area contributed by atoms with Crippen molar-refractivity contribution in [3.8, 4) is 0 Å². The monoisotopic (exact) mass is 318 g/mol. The van der Waals surface area contributed by atoms with Gasteiger partial charge in [-0.3, -0.25) is 9.48 Å². The van der Waals surface area contributed by atoms with E-state index in [1.807, 2.05) is 47.7 Å². The minimum Gasteiger partial charge on any atom is -0.392 e. The lowest BCUT2D eigenvalue weighted by molar-refractivity contribution is 0.0138. The molecule has 1 amide bonds. The highest BCUT2D eigenvalue weighted by Gasteiger charge is 2.30. The molecular formula is C17H26N4O2. The van der Waals surface area contributed by atoms with Crippen LogP contribution in [0.1, 0.15) is 43.7 Å². The Labute approximate surface area is 136 Å². The smallest absolute Gasteiger partial charge is 0.252 e. The molecule has 0 aliphatic rings. The number of aliphatic hydroxyl groups excluding tert-OH is 1. The maximum Gasteiger partial charge on any atom is 0.252 e. The fourth-order valence-corrected chi connectivity index (χ4v) is 2.85. The summed E-state index contributed by atoms with van der Waals surface area (Å²) >= 11 is 0. The Morgan fingerprint density at radius 3 is 2.70 bits per heavy atom. The Morgan fingerprint density at radius 2 is 2.09 bits per heavy atom. The van der Waals surface area contributed by atoms with E-state index in [0.717, 1.165) is 16.7 Å². The minimum absolute atomic E-state index is 0.137. The van der Waals surface area contributed by atoms with Crippen LogP contribution in [-0.2, 0) is 7.05 Å². The third-order valence-electron chi connectivity index (χ3n) is 4.26. The molecule has 0 aliphatic heterocycles. The first kappa shape index (κ1) is 17.4. The molecule has 2 heterocycles. The Balaban J connectivity index is 2.14. The van der Waals surface area contributed by atoms with E-state index in [2.05, 4.69) is 15.4 Å². The van der Waals surface area contributed by atoms with Crippen molar-refractivity contribution in [3.05, 3.63) is 23.5 Å². The highest BCUT2D eigenvalue weighted by Crippen LogP contribution is 2.25. The third kappa shape index (κ3) is 3.52. The maximum atomic E-state index is 12.4. The zero-order valence-corrected chi connectivity index (χ0v) is 14.7. The number of carbonyl (C=O) groups excluding carboxylic acids is 1. The summed E-state index contributed by atoms with van der Waals surface area (Å²) in [5.74, 6) is -0.0513. The standard InChI is InChI=1S/C17H26N4O2/c1-10(2)14(22)17(4,5)9-19-16(23)12-7-13-11(3)20-21(6)15(13)18-8-12/h7-8,10,14,22H,9H2,1-6H3,(H,19,23). The number of nitrogens with zero attached hydrogens (tertiary/aromatic N) is 3. The van der Waals surface area contributed by atoms with E-state index in [1.54, 1.807) is 10.9 Å². The van der Waals surface area contributed by atoms with Crippen LogP contribution < -0.4 is 5.32 Å². The molecule has 0 aromatic carbocycles. The summed E-state index contributed by atoms with van der Waals surface area (Å²) in [5.41, 5.74) is 1.71. The molecule has 0 saturated carbocycles. The number of nitrogens with one attached hydrogen (secondary N) is 1. The lowest BCUT2D eigenvalue weighted by Gasteiger charge is -2.33. The van der Waals surface area contributed by atoms with Crippen molar-refractivity contribution < 1.29 is 9.90 Å². The van der Waals surface area contributed by atoms with Gasteiger partial charge in [-0.15, -0.1) is 0 Å². The van der Waals surface area contributed by atoms with Gasteiger partial charge in [0, 0.05) is 30.6 Å². The zero-order valence-electron chi connectivity index (χ0n) is 14.7. The van der Waals surface area contributed by atoms with Crippen LogP contribution >= 0.6 is 0 Å². The number of rotatable bonds is 5. The van der Waals surface area contributed by atoms with Crippen molar-refractivity contribution in [2.45, 2.75) is 40.7 Å². The first-order valence-corrected chi connectivity index (χ1v) is 7.89. The molecule has 2 N–H and O–H groups in total. The number of carbonyl (C=O) groups is 1. The number of aliphatic hydroxyl groups is 1. The average Bonchev–Trinajstić information content (AvgIpc) is 2.78. The van der Waals surface area contributed by atoms with Gasteiger partial charge in [0.1, 0.15) is 0 Å². The van der Waals surface area contributed by atoms with Crippen molar-refractivity contribution in [1.82, 2.24) is 20.1 Å². The van der Waals surface area contributed by atoms with E-state index < -0.39 is 11.5 Å². The second-order valence-corrected chi connectivity index (χ2v) is 7.16. The topological polar surface area (TPSA) is 80.0 Å². The maximum absolute atomic E-state index is 12.4. The lowest BCUT2D eigenvalue weighted by Crippen LogP contribution is -2.43. The summed E-state index contributed by atoms with van der Waals surface area (Å²) in [6.45, 7) is 10.1. The fraction of sp³-hybridized carbons (Fsp3) is 0.588. The second-order valence-electron chi connectivity index (χ2n) is 7.16. The number of hydrogen-bond donors (Lipinski definition) is 2. The molecular weight excluding hydrogens is 292 g/mol. The highest BCUT2D eigenvalue weighted by atomic mass is 16.3. The molecule has 0 radical (unpaired) electrons. The molecule has 6 heteroatoms. The molecule has 126 valence electrons. The quantitative estimate of drug-likeness (QED) is 0.884. The molecule has 2 rings (SSSR count). The lowest BCUT2D eigenvalue weighted by atomic mass is 9.80. The number of fused-ring (bicyclic) bond motifs is 1. The average molecular weight is 318 g/mol. The van der Waals surface area contributed by atoms with Crippen LogP contribution in [0.5, 0.6) is 0 Å². The third-order valence-corrected chi connectivity index (χ3v) is 4.26. The highest BCUT2D eigenvalue weighted by molar-refractivity contribution is 5.97. The van der Waals surface area contributed by atoms with Crippen LogP contribution in [0.2, 0.25) is 0 Å². The molecule has 6 nitrogen and oxygen atoms in total. The van der Waals surface area contributed by atoms with Gasteiger partial charge >= 0.3 is 0 Å². The molecule has 2 aromatic heterocycles.